The van der Waals surface area contributed by atoms with Gasteiger partial charge in [-0.05, 0) is 72.3 Å². The van der Waals surface area contributed by atoms with Gasteiger partial charge in [-0.3, -0.25) is 25.4 Å². The molecule has 0 bridgehead atoms. The monoisotopic (exact) mass is 641 g/mol. The molecule has 3 aromatic carbocycles. The van der Waals surface area contributed by atoms with E-state index in [0.717, 1.165) is 18.2 Å². The average molecular weight is 642 g/mol. The number of urea groups is 1. The highest BCUT2D eigenvalue weighted by atomic mass is 35.5. The number of hydrazine groups is 1. The van der Waals surface area contributed by atoms with Crippen molar-refractivity contribution in [3.8, 4) is 23.0 Å². The van der Waals surface area contributed by atoms with Gasteiger partial charge in [-0.2, -0.15) is 13.2 Å². The average Bonchev–Trinajstić information content (AvgIpc) is 3.00. The summed E-state index contributed by atoms with van der Waals surface area (Å²) in [6.07, 6.45) is -0.783. The maximum Gasteiger partial charge on any atom is 0.417 e. The minimum atomic E-state index is -4.68. The van der Waals surface area contributed by atoms with E-state index in [9.17, 15) is 32.7 Å². The van der Waals surface area contributed by atoms with Crippen LogP contribution in [0, 0.1) is 0 Å². The second-order valence-electron chi connectivity index (χ2n) is 8.98. The minimum absolute atomic E-state index is 0.0669. The molecule has 4 aromatic rings. The number of nitrogens with zero attached hydrogens (tertiary/aromatic N) is 1. The van der Waals surface area contributed by atoms with Gasteiger partial charge < -0.3 is 25.2 Å². The lowest BCUT2D eigenvalue weighted by Gasteiger charge is -2.12. The van der Waals surface area contributed by atoms with Crippen LogP contribution in [0.25, 0.3) is 6.08 Å². The van der Waals surface area contributed by atoms with Gasteiger partial charge in [0.1, 0.15) is 17.2 Å². The number of benzene rings is 3. The first-order valence-electron chi connectivity index (χ1n) is 12.8. The molecule has 0 aliphatic carbocycles. The number of aromatic hydroxyl groups is 1. The molecule has 0 aliphatic heterocycles. The first kappa shape index (κ1) is 32.2. The summed E-state index contributed by atoms with van der Waals surface area (Å²) in [5, 5.41) is 14.1. The summed E-state index contributed by atoms with van der Waals surface area (Å²) in [5.74, 6) is -0.620. The van der Waals surface area contributed by atoms with Crippen molar-refractivity contribution < 1.29 is 42.1 Å². The molecule has 5 N–H and O–H groups in total. The molecule has 15 heteroatoms. The maximum atomic E-state index is 13.1. The van der Waals surface area contributed by atoms with Crippen LogP contribution in [0.4, 0.5) is 29.3 Å². The number of carbonyl (C=O) groups excluding carboxylic acids is 3. The Morgan fingerprint density at radius 2 is 1.60 bits per heavy atom. The standard InChI is InChI=1S/C30H23ClF3N5O6/c1-44-26-10-2-17(14-25(26)40)3-11-27(41)38-39-28(42)24-16-21(12-13-35-24)45-20-7-4-18(5-8-20)36-29(43)37-19-6-9-23(31)22(15-19)30(32,33)34/h2-16,40H,1H3,(H,38,41)(H,39,42)(H2,36,37,43)/b11-3+. The van der Waals surface area contributed by atoms with Crippen molar-refractivity contribution in [1.82, 2.24) is 15.8 Å². The molecule has 0 saturated carbocycles. The Hall–Kier alpha value is -5.76. The number of hydrogen-bond donors (Lipinski definition) is 5. The van der Waals surface area contributed by atoms with Gasteiger partial charge in [0.05, 0.1) is 17.7 Å². The van der Waals surface area contributed by atoms with Gasteiger partial charge in [0.15, 0.2) is 11.5 Å². The Bertz CT molecular complexity index is 1750. The molecule has 11 nitrogen and oxygen atoms in total. The molecule has 0 saturated heterocycles. The van der Waals surface area contributed by atoms with E-state index in [1.165, 1.54) is 74.0 Å². The van der Waals surface area contributed by atoms with Gasteiger partial charge in [0.2, 0.25) is 0 Å². The normalized spacial score (nSPS) is 11.0. The summed E-state index contributed by atoms with van der Waals surface area (Å²) >= 11 is 5.60. The van der Waals surface area contributed by atoms with Crippen LogP contribution < -0.4 is 31.0 Å². The lowest BCUT2D eigenvalue weighted by Crippen LogP contribution is -2.41. The number of hydrogen-bond acceptors (Lipinski definition) is 7. The summed E-state index contributed by atoms with van der Waals surface area (Å²) in [4.78, 5) is 40.8. The second kappa shape index (κ2) is 14.1. The summed E-state index contributed by atoms with van der Waals surface area (Å²) in [6.45, 7) is 0. The third kappa shape index (κ3) is 9.11. The third-order valence-electron chi connectivity index (χ3n) is 5.77. The first-order valence-corrected chi connectivity index (χ1v) is 13.1. The van der Waals surface area contributed by atoms with Crippen molar-refractivity contribution in [2.24, 2.45) is 0 Å². The Morgan fingerprint density at radius 1 is 0.889 bits per heavy atom. The molecule has 1 aromatic heterocycles. The lowest BCUT2D eigenvalue weighted by molar-refractivity contribution is -0.137. The number of halogens is 4. The van der Waals surface area contributed by atoms with E-state index in [4.69, 9.17) is 21.1 Å². The summed E-state index contributed by atoms with van der Waals surface area (Å²) in [7, 11) is 1.41. The van der Waals surface area contributed by atoms with Crippen LogP contribution in [-0.2, 0) is 11.0 Å². The van der Waals surface area contributed by atoms with E-state index < -0.39 is 34.6 Å². The van der Waals surface area contributed by atoms with E-state index in [2.05, 4.69) is 26.5 Å². The van der Waals surface area contributed by atoms with Gasteiger partial charge >= 0.3 is 12.2 Å². The molecular formula is C30H23ClF3N5O6. The molecule has 1 heterocycles. The minimum Gasteiger partial charge on any atom is -0.504 e. The Kier molecular flexibility index (Phi) is 10.1. The van der Waals surface area contributed by atoms with Gasteiger partial charge in [0, 0.05) is 29.7 Å². The SMILES string of the molecule is COc1ccc(/C=C/C(=O)NNC(=O)c2cc(Oc3ccc(NC(=O)Nc4ccc(Cl)c(C(F)(F)F)c4)cc3)ccn2)cc1O. The zero-order valence-corrected chi connectivity index (χ0v) is 23.9. The van der Waals surface area contributed by atoms with Crippen LogP contribution in [0.1, 0.15) is 21.6 Å². The molecule has 45 heavy (non-hydrogen) atoms. The molecule has 0 unspecified atom stereocenters. The van der Waals surface area contributed by atoms with Gasteiger partial charge in [0.25, 0.3) is 11.8 Å². The van der Waals surface area contributed by atoms with Crippen molar-refractivity contribution in [3.05, 3.63) is 107 Å². The smallest absolute Gasteiger partial charge is 0.417 e. The van der Waals surface area contributed by atoms with Crippen LogP contribution >= 0.6 is 11.6 Å². The lowest BCUT2D eigenvalue weighted by atomic mass is 10.2. The second-order valence-corrected chi connectivity index (χ2v) is 9.39. The maximum absolute atomic E-state index is 13.1. The molecule has 0 atom stereocenters. The Morgan fingerprint density at radius 3 is 2.29 bits per heavy atom. The number of methoxy groups -OCH3 is 1. The molecule has 4 rings (SSSR count). The molecule has 0 fully saturated rings. The number of alkyl halides is 3. The van der Waals surface area contributed by atoms with Crippen LogP contribution in [0.3, 0.4) is 0 Å². The van der Waals surface area contributed by atoms with Crippen LogP contribution in [0.2, 0.25) is 5.02 Å². The summed E-state index contributed by atoms with van der Waals surface area (Å²) in [6, 6.07) is 15.6. The van der Waals surface area contributed by atoms with Crippen molar-refractivity contribution in [3.63, 3.8) is 0 Å². The number of anilines is 2. The number of ether oxygens (including phenoxy) is 2. The first-order chi connectivity index (χ1) is 21.4. The number of phenols is 1. The number of amides is 4. The van der Waals surface area contributed by atoms with Crippen LogP contribution in [0.5, 0.6) is 23.0 Å². The number of rotatable bonds is 8. The topological polar surface area (TPSA) is 151 Å². The highest BCUT2D eigenvalue weighted by Crippen LogP contribution is 2.36. The highest BCUT2D eigenvalue weighted by molar-refractivity contribution is 6.31. The summed E-state index contributed by atoms with van der Waals surface area (Å²) in [5.41, 5.74) is 4.03. The van der Waals surface area contributed by atoms with E-state index in [1.807, 2.05) is 0 Å². The molecule has 4 amide bonds. The van der Waals surface area contributed by atoms with Crippen LogP contribution in [0.15, 0.2) is 85.1 Å². The fourth-order valence-electron chi connectivity index (χ4n) is 3.66. The highest BCUT2D eigenvalue weighted by Gasteiger charge is 2.33. The third-order valence-corrected chi connectivity index (χ3v) is 6.10. The van der Waals surface area contributed by atoms with Crippen molar-refractivity contribution in [2.75, 3.05) is 17.7 Å². The van der Waals surface area contributed by atoms with Crippen molar-refractivity contribution in [1.29, 1.82) is 0 Å². The Balaban J connectivity index is 1.28. The van der Waals surface area contributed by atoms with Gasteiger partial charge in [-0.25, -0.2) is 4.79 Å². The number of nitrogens with one attached hydrogen (secondary N) is 4. The predicted molar refractivity (Wildman–Crippen MR) is 159 cm³/mol. The molecule has 0 aliphatic rings. The van der Waals surface area contributed by atoms with E-state index >= 15 is 0 Å². The van der Waals surface area contributed by atoms with E-state index in [-0.39, 0.29) is 28.6 Å². The van der Waals surface area contributed by atoms with Crippen molar-refractivity contribution >= 4 is 46.9 Å². The van der Waals surface area contributed by atoms with Gasteiger partial charge in [-0.1, -0.05) is 17.7 Å². The molecule has 0 spiro atoms. The van der Waals surface area contributed by atoms with E-state index in [1.54, 1.807) is 6.07 Å². The van der Waals surface area contributed by atoms with E-state index in [0.29, 0.717) is 17.0 Å². The zero-order chi connectivity index (χ0) is 32.6. The summed E-state index contributed by atoms with van der Waals surface area (Å²) < 4.78 is 49.9. The number of aromatic nitrogens is 1. The molecule has 232 valence electrons. The number of pyridine rings is 1. The quantitative estimate of drug-likeness (QED) is 0.111. The predicted octanol–water partition coefficient (Wildman–Crippen LogP) is 6.38. The van der Waals surface area contributed by atoms with Crippen LogP contribution in [-0.4, -0.2) is 35.0 Å². The zero-order valence-electron chi connectivity index (χ0n) is 23.1. The molecule has 0 radical (unpaired) electrons. The molecular weight excluding hydrogens is 619 g/mol. The number of carbonyl (C=O) groups is 3. The fourth-order valence-corrected chi connectivity index (χ4v) is 3.89. The van der Waals surface area contributed by atoms with Crippen molar-refractivity contribution in [2.45, 2.75) is 6.18 Å². The largest absolute Gasteiger partial charge is 0.504 e. The fraction of sp³-hybridized carbons (Fsp3) is 0.0667. The Labute approximate surface area is 258 Å². The van der Waals surface area contributed by atoms with Gasteiger partial charge in [-0.15, -0.1) is 0 Å². The number of phenolic OH excluding ortho intramolecular Hbond substituents is 1.